The average molecular weight is 238 g/mol. The number of para-hydroxylation sites is 1. The van der Waals surface area contributed by atoms with Crippen LogP contribution in [0.2, 0.25) is 0 Å². The second-order valence-electron chi connectivity index (χ2n) is 3.15. The zero-order chi connectivity index (χ0) is 12.3. The molecule has 0 amide bonds. The molecule has 0 saturated heterocycles. The summed E-state index contributed by atoms with van der Waals surface area (Å²) in [5, 5.41) is 9.14. The summed E-state index contributed by atoms with van der Waals surface area (Å²) < 4.78 is 52.8. The van der Waals surface area contributed by atoms with Crippen LogP contribution in [0.3, 0.4) is 0 Å². The molecular formula is C10H10F4O2. The van der Waals surface area contributed by atoms with Gasteiger partial charge < -0.3 is 9.84 Å². The van der Waals surface area contributed by atoms with Crippen molar-refractivity contribution in [2.75, 3.05) is 0 Å². The van der Waals surface area contributed by atoms with Crippen LogP contribution in [0.15, 0.2) is 18.2 Å². The van der Waals surface area contributed by atoms with Gasteiger partial charge >= 0.3 is 6.61 Å². The highest BCUT2D eigenvalue weighted by Gasteiger charge is 2.24. The number of aryl methyl sites for hydroxylation is 1. The minimum Gasteiger partial charge on any atom is -0.434 e. The molecule has 90 valence electrons. The van der Waals surface area contributed by atoms with E-state index >= 15 is 0 Å². The molecule has 2 nitrogen and oxygen atoms in total. The van der Waals surface area contributed by atoms with E-state index in [1.165, 1.54) is 19.1 Å². The maximum absolute atomic E-state index is 12.3. The van der Waals surface area contributed by atoms with Crippen molar-refractivity contribution in [1.82, 2.24) is 0 Å². The van der Waals surface area contributed by atoms with Gasteiger partial charge in [-0.25, -0.2) is 8.78 Å². The fourth-order valence-electron chi connectivity index (χ4n) is 1.29. The lowest BCUT2D eigenvalue weighted by Gasteiger charge is -2.16. The van der Waals surface area contributed by atoms with Crippen LogP contribution in [0, 0.1) is 6.92 Å². The van der Waals surface area contributed by atoms with Gasteiger partial charge in [-0.15, -0.1) is 0 Å². The first kappa shape index (κ1) is 12.8. The Hall–Kier alpha value is -1.30. The van der Waals surface area contributed by atoms with Crippen molar-refractivity contribution >= 4 is 0 Å². The summed E-state index contributed by atoms with van der Waals surface area (Å²) in [6.45, 7) is -1.69. The van der Waals surface area contributed by atoms with Crippen LogP contribution in [0.25, 0.3) is 0 Å². The molecule has 0 spiro atoms. The van der Waals surface area contributed by atoms with Gasteiger partial charge in [0.1, 0.15) is 11.9 Å². The minimum absolute atomic E-state index is 0.262. The van der Waals surface area contributed by atoms with Crippen LogP contribution < -0.4 is 4.74 Å². The number of aliphatic hydroxyl groups excluding tert-OH is 1. The number of aliphatic hydroxyl groups is 1. The van der Waals surface area contributed by atoms with Gasteiger partial charge in [-0.3, -0.25) is 0 Å². The maximum atomic E-state index is 12.3. The van der Waals surface area contributed by atoms with E-state index in [1.54, 1.807) is 0 Å². The highest BCUT2D eigenvalue weighted by atomic mass is 19.3. The first-order valence-corrected chi connectivity index (χ1v) is 4.44. The molecule has 0 aliphatic rings. The Balaban J connectivity index is 3.12. The monoisotopic (exact) mass is 238 g/mol. The normalized spacial score (nSPS) is 13.2. The first-order chi connectivity index (χ1) is 7.43. The fraction of sp³-hybridized carbons (Fsp3) is 0.400. The predicted octanol–water partition coefficient (Wildman–Crippen LogP) is 2.89. The zero-order valence-corrected chi connectivity index (χ0v) is 8.33. The molecule has 1 aromatic carbocycles. The van der Waals surface area contributed by atoms with Crippen molar-refractivity contribution in [3.05, 3.63) is 29.3 Å². The van der Waals surface area contributed by atoms with Gasteiger partial charge in [0.15, 0.2) is 0 Å². The summed E-state index contributed by atoms with van der Waals surface area (Å²) in [6.07, 6.45) is -5.18. The average Bonchev–Trinajstić information content (AvgIpc) is 2.19. The van der Waals surface area contributed by atoms with Gasteiger partial charge in [0.05, 0.1) is 0 Å². The standard InChI is InChI=1S/C10H10F4O2/c1-5-3-2-4-6(7(15)9(11)12)8(5)16-10(13)14/h2-4,7,9-10,15H,1H3. The highest BCUT2D eigenvalue weighted by molar-refractivity contribution is 5.42. The van der Waals surface area contributed by atoms with Crippen molar-refractivity contribution in [2.45, 2.75) is 26.1 Å². The predicted molar refractivity (Wildman–Crippen MR) is 48.8 cm³/mol. The lowest BCUT2D eigenvalue weighted by Crippen LogP contribution is -2.13. The molecule has 0 saturated carbocycles. The van der Waals surface area contributed by atoms with E-state index < -0.39 is 24.9 Å². The first-order valence-electron chi connectivity index (χ1n) is 4.44. The Labute approximate surface area is 89.5 Å². The lowest BCUT2D eigenvalue weighted by molar-refractivity contribution is -0.0559. The molecule has 1 rings (SSSR count). The summed E-state index contributed by atoms with van der Waals surface area (Å²) in [5.41, 5.74) is -0.0761. The quantitative estimate of drug-likeness (QED) is 0.817. The number of rotatable bonds is 4. The summed E-state index contributed by atoms with van der Waals surface area (Å²) in [4.78, 5) is 0. The Kier molecular flexibility index (Phi) is 4.12. The van der Waals surface area contributed by atoms with E-state index in [4.69, 9.17) is 5.11 Å². The second kappa shape index (κ2) is 5.16. The Bertz CT molecular complexity index is 355. The van der Waals surface area contributed by atoms with E-state index in [0.717, 1.165) is 6.07 Å². The van der Waals surface area contributed by atoms with Crippen molar-refractivity contribution in [2.24, 2.45) is 0 Å². The van der Waals surface area contributed by atoms with Crippen LogP contribution in [0.1, 0.15) is 17.2 Å². The van der Waals surface area contributed by atoms with Gasteiger partial charge in [-0.1, -0.05) is 18.2 Å². The van der Waals surface area contributed by atoms with Gasteiger partial charge in [-0.05, 0) is 12.5 Å². The molecular weight excluding hydrogens is 228 g/mol. The van der Waals surface area contributed by atoms with Crippen LogP contribution >= 0.6 is 0 Å². The second-order valence-corrected chi connectivity index (χ2v) is 3.15. The van der Waals surface area contributed by atoms with E-state index in [2.05, 4.69) is 4.74 Å². The van der Waals surface area contributed by atoms with E-state index in [0.29, 0.717) is 0 Å². The third-order valence-electron chi connectivity index (χ3n) is 2.01. The molecule has 0 heterocycles. The van der Waals surface area contributed by atoms with Gasteiger partial charge in [0.2, 0.25) is 0 Å². The molecule has 1 atom stereocenters. The molecule has 0 bridgehead atoms. The number of halogens is 4. The third kappa shape index (κ3) is 2.85. The van der Waals surface area contributed by atoms with Crippen molar-refractivity contribution in [3.8, 4) is 5.75 Å². The largest absolute Gasteiger partial charge is 0.434 e. The minimum atomic E-state index is -3.12. The Morgan fingerprint density at radius 2 is 1.81 bits per heavy atom. The van der Waals surface area contributed by atoms with E-state index in [1.807, 2.05) is 0 Å². The highest BCUT2D eigenvalue weighted by Crippen LogP contribution is 2.32. The number of hydrogen-bond acceptors (Lipinski definition) is 2. The number of hydrogen-bond donors (Lipinski definition) is 1. The Morgan fingerprint density at radius 1 is 1.19 bits per heavy atom. The van der Waals surface area contributed by atoms with E-state index in [9.17, 15) is 17.6 Å². The summed E-state index contributed by atoms with van der Waals surface area (Å²) in [5.74, 6) is -0.398. The molecule has 1 unspecified atom stereocenters. The molecule has 1 N–H and O–H groups in total. The molecule has 0 fully saturated rings. The molecule has 16 heavy (non-hydrogen) atoms. The fourth-order valence-corrected chi connectivity index (χ4v) is 1.29. The van der Waals surface area contributed by atoms with Crippen LogP contribution in [-0.4, -0.2) is 18.1 Å². The third-order valence-corrected chi connectivity index (χ3v) is 2.01. The number of benzene rings is 1. The van der Waals surface area contributed by atoms with Crippen LogP contribution in [-0.2, 0) is 0 Å². The smallest absolute Gasteiger partial charge is 0.387 e. The molecule has 0 aliphatic heterocycles. The topological polar surface area (TPSA) is 29.5 Å². The molecule has 6 heteroatoms. The maximum Gasteiger partial charge on any atom is 0.387 e. The number of alkyl halides is 4. The van der Waals surface area contributed by atoms with Crippen LogP contribution in [0.5, 0.6) is 5.75 Å². The molecule has 1 aromatic rings. The molecule has 0 aromatic heterocycles. The lowest BCUT2D eigenvalue weighted by atomic mass is 10.1. The zero-order valence-electron chi connectivity index (χ0n) is 8.33. The summed E-state index contributed by atoms with van der Waals surface area (Å²) in [6, 6.07) is 3.94. The van der Waals surface area contributed by atoms with E-state index in [-0.39, 0.29) is 11.1 Å². The molecule has 0 aliphatic carbocycles. The van der Waals surface area contributed by atoms with Crippen molar-refractivity contribution in [3.63, 3.8) is 0 Å². The SMILES string of the molecule is Cc1cccc(C(O)C(F)F)c1OC(F)F. The van der Waals surface area contributed by atoms with Crippen LogP contribution in [0.4, 0.5) is 17.6 Å². The van der Waals surface area contributed by atoms with Gasteiger partial charge in [-0.2, -0.15) is 8.78 Å². The van der Waals surface area contributed by atoms with Crippen molar-refractivity contribution < 1.29 is 27.4 Å². The summed E-state index contributed by atoms with van der Waals surface area (Å²) in [7, 11) is 0. The van der Waals surface area contributed by atoms with Crippen molar-refractivity contribution in [1.29, 1.82) is 0 Å². The number of ether oxygens (including phenoxy) is 1. The Morgan fingerprint density at radius 3 is 2.31 bits per heavy atom. The summed E-state index contributed by atoms with van der Waals surface area (Å²) >= 11 is 0. The van der Waals surface area contributed by atoms with Gasteiger partial charge in [0, 0.05) is 5.56 Å². The molecule has 0 radical (unpaired) electrons. The van der Waals surface area contributed by atoms with Gasteiger partial charge in [0.25, 0.3) is 6.43 Å².